The van der Waals surface area contributed by atoms with E-state index in [1.54, 1.807) is 0 Å². The number of hydrogen-bond acceptors (Lipinski definition) is 3. The van der Waals surface area contributed by atoms with Crippen LogP contribution in [-0.4, -0.2) is 35.8 Å². The topological polar surface area (TPSA) is 21.7 Å². The average molecular weight is 377 g/mol. The lowest BCUT2D eigenvalue weighted by atomic mass is 10.1. The largest absolute Gasteiger partial charge is 0.347 e. The van der Waals surface area contributed by atoms with E-state index < -0.39 is 0 Å². The molecule has 1 heterocycles. The molecule has 0 radical (unpaired) electrons. The van der Waals surface area contributed by atoms with Crippen LogP contribution in [0.4, 0.5) is 0 Å². The zero-order chi connectivity index (χ0) is 14.1. The fourth-order valence-corrected chi connectivity index (χ4v) is 2.05. The van der Waals surface area contributed by atoms with Gasteiger partial charge in [0.05, 0.1) is 13.2 Å². The molecule has 1 aromatic rings. The standard InChI is InChI=1S/C14H21NO2.CH3I/c1-3-15(4-2)9-14-16-10-12-7-5-6-8-13(12)11-17-14;1-2/h5-8,14H,3-4,9-11H2,1-2H3;1H3. The summed E-state index contributed by atoms with van der Waals surface area (Å²) in [4.78, 5) is 4.29. The lowest BCUT2D eigenvalue weighted by molar-refractivity contribution is -0.158. The smallest absolute Gasteiger partial charge is 0.171 e. The third-order valence-corrected chi connectivity index (χ3v) is 3.27. The van der Waals surface area contributed by atoms with E-state index >= 15 is 0 Å². The first-order valence-corrected chi connectivity index (χ1v) is 8.89. The Morgan fingerprint density at radius 1 is 1.05 bits per heavy atom. The Bertz CT molecular complexity index is 329. The van der Waals surface area contributed by atoms with Crippen molar-refractivity contribution in [2.75, 3.05) is 24.6 Å². The summed E-state index contributed by atoms with van der Waals surface area (Å²) >= 11 is 2.15. The Morgan fingerprint density at radius 2 is 1.53 bits per heavy atom. The molecule has 2 rings (SSSR count). The van der Waals surface area contributed by atoms with Crippen LogP contribution < -0.4 is 0 Å². The fraction of sp³-hybridized carbons (Fsp3) is 0.600. The van der Waals surface area contributed by atoms with E-state index in [0.717, 1.165) is 19.6 Å². The summed E-state index contributed by atoms with van der Waals surface area (Å²) in [6, 6.07) is 8.32. The van der Waals surface area contributed by atoms with Gasteiger partial charge in [-0.15, -0.1) is 0 Å². The molecule has 108 valence electrons. The molecule has 1 aliphatic heterocycles. The van der Waals surface area contributed by atoms with Crippen molar-refractivity contribution in [2.24, 2.45) is 0 Å². The van der Waals surface area contributed by atoms with Gasteiger partial charge in [-0.25, -0.2) is 0 Å². The first kappa shape index (κ1) is 16.9. The Morgan fingerprint density at radius 3 is 1.95 bits per heavy atom. The van der Waals surface area contributed by atoms with Crippen LogP contribution in [0.2, 0.25) is 0 Å². The zero-order valence-corrected chi connectivity index (χ0v) is 14.2. The summed E-state index contributed by atoms with van der Waals surface area (Å²) in [7, 11) is 0. The highest BCUT2D eigenvalue weighted by Crippen LogP contribution is 2.18. The molecule has 1 aliphatic rings. The number of alkyl halides is 1. The van der Waals surface area contributed by atoms with Gasteiger partial charge in [0.25, 0.3) is 0 Å². The van der Waals surface area contributed by atoms with Crippen LogP contribution in [0.5, 0.6) is 0 Å². The van der Waals surface area contributed by atoms with Gasteiger partial charge in [0.2, 0.25) is 0 Å². The van der Waals surface area contributed by atoms with E-state index in [1.165, 1.54) is 11.1 Å². The quantitative estimate of drug-likeness (QED) is 0.593. The lowest BCUT2D eigenvalue weighted by Crippen LogP contribution is -2.34. The Kier molecular flexibility index (Phi) is 8.61. The summed E-state index contributed by atoms with van der Waals surface area (Å²) in [5.41, 5.74) is 2.49. The molecular weight excluding hydrogens is 353 g/mol. The van der Waals surface area contributed by atoms with Crippen LogP contribution >= 0.6 is 22.6 Å². The number of halogens is 1. The SMILES string of the molecule is CCN(CC)CC1OCc2ccccc2CO1.CI. The second kappa shape index (κ2) is 9.69. The number of nitrogens with zero attached hydrogens (tertiary/aromatic N) is 1. The highest BCUT2D eigenvalue weighted by atomic mass is 127. The van der Waals surface area contributed by atoms with Crippen molar-refractivity contribution in [1.82, 2.24) is 4.90 Å². The third kappa shape index (κ3) is 5.38. The van der Waals surface area contributed by atoms with E-state index in [2.05, 4.69) is 53.5 Å². The van der Waals surface area contributed by atoms with Crippen molar-refractivity contribution in [3.63, 3.8) is 0 Å². The van der Waals surface area contributed by atoms with E-state index in [9.17, 15) is 0 Å². The maximum Gasteiger partial charge on any atom is 0.171 e. The van der Waals surface area contributed by atoms with Crippen LogP contribution in [0.1, 0.15) is 25.0 Å². The summed E-state index contributed by atoms with van der Waals surface area (Å²) < 4.78 is 11.6. The fourth-order valence-electron chi connectivity index (χ4n) is 2.05. The number of ether oxygens (including phenoxy) is 2. The molecule has 19 heavy (non-hydrogen) atoms. The van der Waals surface area contributed by atoms with E-state index in [4.69, 9.17) is 9.47 Å². The predicted octanol–water partition coefficient (Wildman–Crippen LogP) is 3.45. The van der Waals surface area contributed by atoms with Crippen LogP contribution in [0, 0.1) is 0 Å². The molecular formula is C15H24INO2. The van der Waals surface area contributed by atoms with Gasteiger partial charge in [-0.1, -0.05) is 60.7 Å². The molecule has 0 N–H and O–H groups in total. The molecule has 1 aromatic carbocycles. The molecule has 0 atom stereocenters. The highest BCUT2D eigenvalue weighted by molar-refractivity contribution is 14.1. The molecule has 3 nitrogen and oxygen atoms in total. The van der Waals surface area contributed by atoms with E-state index in [-0.39, 0.29) is 6.29 Å². The Labute approximate surface area is 130 Å². The molecule has 0 spiro atoms. The van der Waals surface area contributed by atoms with Gasteiger partial charge in [0.1, 0.15) is 0 Å². The molecule has 0 saturated carbocycles. The minimum atomic E-state index is -0.109. The van der Waals surface area contributed by atoms with Crippen LogP contribution in [0.25, 0.3) is 0 Å². The van der Waals surface area contributed by atoms with Crippen molar-refractivity contribution in [1.29, 1.82) is 0 Å². The molecule has 0 fully saturated rings. The van der Waals surface area contributed by atoms with Gasteiger partial charge in [0, 0.05) is 6.54 Å². The summed E-state index contributed by atoms with van der Waals surface area (Å²) in [5, 5.41) is 0. The third-order valence-electron chi connectivity index (χ3n) is 3.27. The van der Waals surface area contributed by atoms with Gasteiger partial charge in [0.15, 0.2) is 6.29 Å². The van der Waals surface area contributed by atoms with Gasteiger partial charge < -0.3 is 9.47 Å². The maximum atomic E-state index is 5.80. The minimum Gasteiger partial charge on any atom is -0.347 e. The number of rotatable bonds is 4. The summed E-state index contributed by atoms with van der Waals surface area (Å²) in [6.07, 6.45) is -0.109. The zero-order valence-electron chi connectivity index (χ0n) is 12.1. The second-order valence-electron chi connectivity index (χ2n) is 4.31. The molecule has 0 saturated heterocycles. The molecule has 0 bridgehead atoms. The van der Waals surface area contributed by atoms with E-state index in [0.29, 0.717) is 13.2 Å². The Hall–Kier alpha value is -0.170. The maximum absolute atomic E-state index is 5.80. The normalized spacial score (nSPS) is 15.4. The molecule has 0 aromatic heterocycles. The van der Waals surface area contributed by atoms with E-state index in [1.807, 2.05) is 17.1 Å². The molecule has 0 amide bonds. The first-order chi connectivity index (χ1) is 9.33. The highest BCUT2D eigenvalue weighted by Gasteiger charge is 2.18. The van der Waals surface area contributed by atoms with Crippen molar-refractivity contribution in [3.05, 3.63) is 35.4 Å². The average Bonchev–Trinajstić information content (AvgIpc) is 2.69. The molecule has 0 aliphatic carbocycles. The number of benzene rings is 1. The second-order valence-corrected chi connectivity index (χ2v) is 4.31. The first-order valence-electron chi connectivity index (χ1n) is 6.73. The Balaban J connectivity index is 0.000000861. The van der Waals surface area contributed by atoms with Crippen molar-refractivity contribution in [3.8, 4) is 0 Å². The van der Waals surface area contributed by atoms with Crippen molar-refractivity contribution >= 4 is 22.6 Å². The number of hydrogen-bond donors (Lipinski definition) is 0. The minimum absolute atomic E-state index is 0.109. The number of likely N-dealkylation sites (N-methyl/N-ethyl adjacent to an activating group) is 1. The van der Waals surface area contributed by atoms with Crippen molar-refractivity contribution < 1.29 is 9.47 Å². The van der Waals surface area contributed by atoms with Gasteiger partial charge in [-0.2, -0.15) is 0 Å². The predicted molar refractivity (Wildman–Crippen MR) is 87.5 cm³/mol. The summed E-state index contributed by atoms with van der Waals surface area (Å²) in [5.74, 6) is 0. The van der Waals surface area contributed by atoms with Crippen molar-refractivity contribution in [2.45, 2.75) is 33.4 Å². The molecule has 0 unspecified atom stereocenters. The van der Waals surface area contributed by atoms with Crippen LogP contribution in [0.3, 0.4) is 0 Å². The van der Waals surface area contributed by atoms with Gasteiger partial charge >= 0.3 is 0 Å². The van der Waals surface area contributed by atoms with Crippen LogP contribution in [0.15, 0.2) is 24.3 Å². The monoisotopic (exact) mass is 377 g/mol. The van der Waals surface area contributed by atoms with Gasteiger partial charge in [-0.05, 0) is 29.1 Å². The summed E-state index contributed by atoms with van der Waals surface area (Å²) in [6.45, 7) is 8.55. The lowest BCUT2D eigenvalue weighted by Gasteiger charge is -2.24. The number of fused-ring (bicyclic) bond motifs is 1. The molecule has 4 heteroatoms. The van der Waals surface area contributed by atoms with Crippen LogP contribution in [-0.2, 0) is 22.7 Å². The van der Waals surface area contributed by atoms with Gasteiger partial charge in [-0.3, -0.25) is 4.90 Å².